The smallest absolute Gasteiger partial charge is 0.322 e. The molecule has 9 heteroatoms. The van der Waals surface area contributed by atoms with Gasteiger partial charge in [-0.05, 0) is 18.0 Å². The summed E-state index contributed by atoms with van der Waals surface area (Å²) in [4.78, 5) is 11.4. The lowest BCUT2D eigenvalue weighted by Gasteiger charge is -2.59. The molecule has 1 atom stereocenters. The third kappa shape index (κ3) is 2.20. The van der Waals surface area contributed by atoms with E-state index in [1.165, 1.54) is 13.2 Å². The summed E-state index contributed by atoms with van der Waals surface area (Å²) in [5.74, 6) is -1.18. The number of hydrogen-bond acceptors (Lipinski definition) is 6. The predicted octanol–water partition coefficient (Wildman–Crippen LogP) is 0.452. The molecular weight excluding hydrogens is 300 g/mol. The molecule has 0 aromatic carbocycles. The van der Waals surface area contributed by atoms with Crippen molar-refractivity contribution in [2.75, 3.05) is 13.7 Å². The second kappa shape index (κ2) is 4.70. The van der Waals surface area contributed by atoms with Crippen LogP contribution in [0, 0.1) is 5.41 Å². The van der Waals surface area contributed by atoms with Gasteiger partial charge in [0.15, 0.2) is 5.76 Å². The fourth-order valence-corrected chi connectivity index (χ4v) is 4.86. The lowest BCUT2D eigenvalue weighted by molar-refractivity contribution is -0.164. The van der Waals surface area contributed by atoms with Crippen LogP contribution in [0.3, 0.4) is 0 Å². The molecule has 0 amide bonds. The van der Waals surface area contributed by atoms with Gasteiger partial charge in [-0.1, -0.05) is 6.42 Å². The maximum absolute atomic E-state index is 12.4. The van der Waals surface area contributed by atoms with Crippen molar-refractivity contribution in [1.82, 2.24) is 9.46 Å². The van der Waals surface area contributed by atoms with Crippen LogP contribution in [-0.4, -0.2) is 48.7 Å². The van der Waals surface area contributed by atoms with Crippen LogP contribution in [0.2, 0.25) is 0 Å². The Balaban J connectivity index is 1.77. The van der Waals surface area contributed by atoms with Gasteiger partial charge in [0.05, 0.1) is 7.11 Å². The lowest BCUT2D eigenvalue weighted by atomic mass is 9.59. The van der Waals surface area contributed by atoms with Crippen LogP contribution in [0.1, 0.15) is 25.0 Å². The molecule has 2 aliphatic rings. The Morgan fingerprint density at radius 2 is 2.33 bits per heavy atom. The second-order valence-corrected chi connectivity index (χ2v) is 7.52. The highest BCUT2D eigenvalue weighted by atomic mass is 32.2. The van der Waals surface area contributed by atoms with Crippen molar-refractivity contribution in [1.29, 1.82) is 0 Å². The van der Waals surface area contributed by atoms with E-state index >= 15 is 0 Å². The molecule has 1 unspecified atom stereocenters. The normalized spacial score (nSPS) is 24.3. The summed E-state index contributed by atoms with van der Waals surface area (Å²) in [6.45, 7) is 0.275. The van der Waals surface area contributed by atoms with E-state index in [2.05, 4.69) is 5.16 Å². The number of aromatic nitrogens is 1. The van der Waals surface area contributed by atoms with Crippen LogP contribution in [-0.2, 0) is 20.6 Å². The van der Waals surface area contributed by atoms with E-state index in [1.54, 1.807) is 0 Å². The van der Waals surface area contributed by atoms with Crippen LogP contribution in [0.5, 0.6) is 5.88 Å². The van der Waals surface area contributed by atoms with E-state index < -0.39 is 27.8 Å². The van der Waals surface area contributed by atoms with Crippen LogP contribution in [0.25, 0.3) is 0 Å². The van der Waals surface area contributed by atoms with Gasteiger partial charge in [0.1, 0.15) is 11.8 Å². The van der Waals surface area contributed by atoms with Gasteiger partial charge in [0.2, 0.25) is 10.0 Å². The number of rotatable bonds is 5. The molecule has 1 aromatic heterocycles. The van der Waals surface area contributed by atoms with Gasteiger partial charge in [0, 0.05) is 18.0 Å². The third-order valence-corrected chi connectivity index (χ3v) is 6.05. The Morgan fingerprint density at radius 1 is 1.62 bits per heavy atom. The highest BCUT2D eigenvalue weighted by Gasteiger charge is 2.62. The minimum absolute atomic E-state index is 0.130. The molecular formula is C12H16N2O6S. The largest absolute Gasteiger partial charge is 0.480 e. The summed E-state index contributed by atoms with van der Waals surface area (Å²) >= 11 is 0. The summed E-state index contributed by atoms with van der Waals surface area (Å²) in [5, 5.41) is 12.8. The number of carbonyl (C=O) groups is 1. The first-order valence-electron chi connectivity index (χ1n) is 6.60. The summed E-state index contributed by atoms with van der Waals surface area (Å²) in [6.07, 6.45) is 2.50. The lowest BCUT2D eigenvalue weighted by Crippen LogP contribution is -2.71. The monoisotopic (exact) mass is 316 g/mol. The van der Waals surface area contributed by atoms with Gasteiger partial charge in [-0.15, -0.1) is 0 Å². The SMILES string of the molecule is COc1cc(CS(=O)(=O)N2CC3(CCC3)C2C(=O)O)on1. The summed E-state index contributed by atoms with van der Waals surface area (Å²) in [7, 11) is -2.35. The predicted molar refractivity (Wildman–Crippen MR) is 70.1 cm³/mol. The molecule has 8 nitrogen and oxygen atoms in total. The first-order chi connectivity index (χ1) is 9.88. The number of carboxylic acid groups (broad SMARTS) is 1. The van der Waals surface area contributed by atoms with E-state index in [4.69, 9.17) is 9.26 Å². The van der Waals surface area contributed by atoms with E-state index in [-0.39, 0.29) is 23.6 Å². The van der Waals surface area contributed by atoms with Crippen LogP contribution < -0.4 is 4.74 Å². The van der Waals surface area contributed by atoms with E-state index in [0.29, 0.717) is 0 Å². The van der Waals surface area contributed by atoms with Gasteiger partial charge in [0.25, 0.3) is 5.88 Å². The fourth-order valence-electron chi connectivity index (χ4n) is 3.11. The zero-order chi connectivity index (χ0) is 15.3. The highest BCUT2D eigenvalue weighted by molar-refractivity contribution is 7.88. The Labute approximate surface area is 121 Å². The maximum atomic E-state index is 12.4. The molecule has 1 aliphatic carbocycles. The van der Waals surface area contributed by atoms with E-state index in [1.807, 2.05) is 0 Å². The molecule has 0 bridgehead atoms. The quantitative estimate of drug-likeness (QED) is 0.839. The fraction of sp³-hybridized carbons (Fsp3) is 0.667. The average molecular weight is 316 g/mol. The third-order valence-electron chi connectivity index (χ3n) is 4.35. The van der Waals surface area contributed by atoms with Gasteiger partial charge in [-0.2, -0.15) is 4.31 Å². The standard InChI is InChI=1S/C12H16N2O6S/c1-19-9-5-8(20-13-9)6-21(17,18)14-7-12(3-2-4-12)10(14)11(15)16/h5,10H,2-4,6-7H2,1H3,(H,15,16). The van der Waals surface area contributed by atoms with Crippen molar-refractivity contribution in [2.24, 2.45) is 5.41 Å². The number of carboxylic acids is 1. The van der Waals surface area contributed by atoms with Gasteiger partial charge in [-0.25, -0.2) is 8.42 Å². The Kier molecular flexibility index (Phi) is 3.21. The molecule has 1 N–H and O–H groups in total. The van der Waals surface area contributed by atoms with Gasteiger partial charge >= 0.3 is 5.97 Å². The Bertz CT molecular complexity index is 663. The zero-order valence-corrected chi connectivity index (χ0v) is 12.3. The van der Waals surface area contributed by atoms with Gasteiger partial charge in [-0.3, -0.25) is 4.79 Å². The number of aliphatic carboxylic acids is 1. The minimum Gasteiger partial charge on any atom is -0.480 e. The number of ether oxygens (including phenoxy) is 1. The Morgan fingerprint density at radius 3 is 2.81 bits per heavy atom. The van der Waals surface area contributed by atoms with Gasteiger partial charge < -0.3 is 14.4 Å². The van der Waals surface area contributed by atoms with Crippen molar-refractivity contribution in [3.05, 3.63) is 11.8 Å². The first-order valence-corrected chi connectivity index (χ1v) is 8.21. The number of methoxy groups -OCH3 is 1. The molecule has 3 rings (SSSR count). The minimum atomic E-state index is -3.75. The maximum Gasteiger partial charge on any atom is 0.322 e. The number of nitrogens with zero attached hydrogens (tertiary/aromatic N) is 2. The Hall–Kier alpha value is -1.61. The van der Waals surface area contributed by atoms with Crippen LogP contribution in [0.15, 0.2) is 10.6 Å². The van der Waals surface area contributed by atoms with Crippen LogP contribution >= 0.6 is 0 Å². The molecule has 1 saturated heterocycles. The summed E-state index contributed by atoms with van der Waals surface area (Å²) in [6, 6.07) is 0.424. The molecule has 0 radical (unpaired) electrons. The van der Waals surface area contributed by atoms with Crippen molar-refractivity contribution < 1.29 is 27.6 Å². The highest BCUT2D eigenvalue weighted by Crippen LogP contribution is 2.54. The molecule has 21 heavy (non-hydrogen) atoms. The van der Waals surface area contributed by atoms with Crippen LogP contribution in [0.4, 0.5) is 0 Å². The van der Waals surface area contributed by atoms with E-state index in [9.17, 15) is 18.3 Å². The molecule has 2 heterocycles. The molecule has 2 fully saturated rings. The molecule has 1 spiro atoms. The topological polar surface area (TPSA) is 110 Å². The van der Waals surface area contributed by atoms with E-state index in [0.717, 1.165) is 23.6 Å². The first kappa shape index (κ1) is 14.3. The van der Waals surface area contributed by atoms with Crippen molar-refractivity contribution in [3.8, 4) is 5.88 Å². The molecule has 116 valence electrons. The van der Waals surface area contributed by atoms with Crippen molar-refractivity contribution >= 4 is 16.0 Å². The summed E-state index contributed by atoms with van der Waals surface area (Å²) < 4.78 is 35.5. The molecule has 1 saturated carbocycles. The average Bonchev–Trinajstić information content (AvgIpc) is 2.71. The zero-order valence-electron chi connectivity index (χ0n) is 11.5. The molecule has 1 aromatic rings. The number of hydrogen-bond donors (Lipinski definition) is 1. The summed E-state index contributed by atoms with van der Waals surface area (Å²) in [5.41, 5.74) is -0.363. The number of sulfonamides is 1. The van der Waals surface area contributed by atoms with Crippen molar-refractivity contribution in [2.45, 2.75) is 31.1 Å². The van der Waals surface area contributed by atoms with Crippen molar-refractivity contribution in [3.63, 3.8) is 0 Å². The second-order valence-electron chi connectivity index (χ2n) is 5.59. The molecule has 1 aliphatic heterocycles.